The number of nitrogens with one attached hydrogen (secondary N) is 1. The third kappa shape index (κ3) is 3.69. The highest BCUT2D eigenvalue weighted by molar-refractivity contribution is 7.92. The molecule has 118 valence electrons. The van der Waals surface area contributed by atoms with Crippen LogP contribution < -0.4 is 4.72 Å². The normalized spacial score (nSPS) is 12.2. The molecule has 0 amide bonds. The van der Waals surface area contributed by atoms with Gasteiger partial charge in [-0.3, -0.25) is 4.72 Å². The summed E-state index contributed by atoms with van der Waals surface area (Å²) in [5.74, 6) is 0. The van der Waals surface area contributed by atoms with Crippen molar-refractivity contribution in [1.29, 1.82) is 0 Å². The van der Waals surface area contributed by atoms with E-state index in [0.717, 1.165) is 17.5 Å². The van der Waals surface area contributed by atoms with Crippen LogP contribution in [0.25, 0.3) is 0 Å². The summed E-state index contributed by atoms with van der Waals surface area (Å²) in [5.41, 5.74) is 2.60. The molecule has 0 aliphatic heterocycles. The van der Waals surface area contributed by atoms with Crippen LogP contribution in [0.15, 0.2) is 53.4 Å². The van der Waals surface area contributed by atoms with Gasteiger partial charge in [0.25, 0.3) is 10.0 Å². The van der Waals surface area contributed by atoms with Crippen molar-refractivity contribution in [2.24, 2.45) is 0 Å². The molecule has 0 radical (unpaired) electrons. The van der Waals surface area contributed by atoms with Crippen LogP contribution in [0.3, 0.4) is 0 Å². The Morgan fingerprint density at radius 3 is 2.09 bits per heavy atom. The van der Waals surface area contributed by atoms with Crippen molar-refractivity contribution in [3.63, 3.8) is 0 Å². The van der Waals surface area contributed by atoms with Crippen molar-refractivity contribution in [3.05, 3.63) is 59.7 Å². The minimum atomic E-state index is -3.57. The summed E-state index contributed by atoms with van der Waals surface area (Å²) in [7, 11) is -3.57. The first-order chi connectivity index (χ1) is 10.2. The minimum Gasteiger partial charge on any atom is -0.279 e. The van der Waals surface area contributed by atoms with Crippen molar-refractivity contribution in [3.8, 4) is 0 Å². The summed E-state index contributed by atoms with van der Waals surface area (Å²) in [6, 6.07) is 14.5. The van der Waals surface area contributed by atoms with Crippen LogP contribution in [0.1, 0.15) is 38.8 Å². The summed E-state index contributed by atoms with van der Waals surface area (Å²) in [6.07, 6.45) is 0.889. The van der Waals surface area contributed by atoms with E-state index < -0.39 is 10.0 Å². The molecule has 22 heavy (non-hydrogen) atoms. The van der Waals surface area contributed by atoms with E-state index in [1.165, 1.54) is 0 Å². The van der Waals surface area contributed by atoms with Crippen LogP contribution in [0, 0.1) is 0 Å². The van der Waals surface area contributed by atoms with Crippen LogP contribution in [0.2, 0.25) is 0 Å². The monoisotopic (exact) mass is 317 g/mol. The number of hydrogen-bond acceptors (Lipinski definition) is 2. The Balaban J connectivity index is 2.37. The highest BCUT2D eigenvalue weighted by atomic mass is 32.2. The first-order valence-corrected chi connectivity index (χ1v) is 8.93. The molecule has 0 fully saturated rings. The van der Waals surface area contributed by atoms with Crippen LogP contribution in [0.4, 0.5) is 5.69 Å². The van der Waals surface area contributed by atoms with Crippen LogP contribution in [0.5, 0.6) is 0 Å². The molecule has 0 spiro atoms. The predicted octanol–water partition coefficient (Wildman–Crippen LogP) is 4.35. The van der Waals surface area contributed by atoms with Gasteiger partial charge in [0.05, 0.1) is 10.6 Å². The zero-order chi connectivity index (χ0) is 16.4. The van der Waals surface area contributed by atoms with Gasteiger partial charge in [0.15, 0.2) is 0 Å². The number of sulfonamides is 1. The molecule has 0 aromatic heterocycles. The number of benzene rings is 2. The fourth-order valence-corrected chi connectivity index (χ4v) is 3.41. The molecule has 0 bridgehead atoms. The lowest BCUT2D eigenvalue weighted by Gasteiger charge is -2.23. The highest BCUT2D eigenvalue weighted by Gasteiger charge is 2.21. The lowest BCUT2D eigenvalue weighted by atomic mass is 9.86. The van der Waals surface area contributed by atoms with Crippen molar-refractivity contribution in [1.82, 2.24) is 0 Å². The lowest BCUT2D eigenvalue weighted by Crippen LogP contribution is -2.19. The van der Waals surface area contributed by atoms with E-state index in [9.17, 15) is 8.42 Å². The molecule has 3 nitrogen and oxygen atoms in total. The van der Waals surface area contributed by atoms with Crippen molar-refractivity contribution in [2.75, 3.05) is 4.72 Å². The fraction of sp³-hybridized carbons (Fsp3) is 0.333. The predicted molar refractivity (Wildman–Crippen MR) is 91.8 cm³/mol. The molecule has 4 heteroatoms. The van der Waals surface area contributed by atoms with Gasteiger partial charge in [-0.1, -0.05) is 58.0 Å². The smallest absolute Gasteiger partial charge is 0.261 e. The van der Waals surface area contributed by atoms with Crippen LogP contribution >= 0.6 is 0 Å². The van der Waals surface area contributed by atoms with E-state index in [4.69, 9.17) is 0 Å². The van der Waals surface area contributed by atoms with E-state index in [0.29, 0.717) is 5.69 Å². The topological polar surface area (TPSA) is 46.2 Å². The van der Waals surface area contributed by atoms with Gasteiger partial charge in [0.1, 0.15) is 0 Å². The van der Waals surface area contributed by atoms with Crippen molar-refractivity contribution < 1.29 is 8.42 Å². The second-order valence-electron chi connectivity index (χ2n) is 6.40. The van der Waals surface area contributed by atoms with E-state index >= 15 is 0 Å². The molecule has 0 saturated carbocycles. The second kappa shape index (κ2) is 6.13. The van der Waals surface area contributed by atoms with Gasteiger partial charge < -0.3 is 0 Å². The maximum absolute atomic E-state index is 12.6. The Morgan fingerprint density at radius 1 is 0.955 bits per heavy atom. The van der Waals surface area contributed by atoms with Gasteiger partial charge in [0, 0.05) is 0 Å². The minimum absolute atomic E-state index is 0.134. The van der Waals surface area contributed by atoms with Gasteiger partial charge >= 0.3 is 0 Å². The third-order valence-corrected chi connectivity index (χ3v) is 5.00. The first kappa shape index (κ1) is 16.6. The van der Waals surface area contributed by atoms with E-state index in [2.05, 4.69) is 25.5 Å². The molecule has 0 unspecified atom stereocenters. The number of aryl methyl sites for hydroxylation is 1. The molecule has 2 aromatic rings. The molecule has 2 rings (SSSR count). The van der Waals surface area contributed by atoms with Gasteiger partial charge in [-0.25, -0.2) is 8.42 Å². The van der Waals surface area contributed by atoms with E-state index in [1.54, 1.807) is 18.2 Å². The third-order valence-electron chi connectivity index (χ3n) is 3.62. The van der Waals surface area contributed by atoms with Crippen LogP contribution in [-0.4, -0.2) is 8.42 Å². The molecule has 0 heterocycles. The molecular weight excluding hydrogens is 294 g/mol. The molecule has 0 aliphatic carbocycles. The van der Waals surface area contributed by atoms with Crippen molar-refractivity contribution in [2.45, 2.75) is 44.4 Å². The zero-order valence-corrected chi connectivity index (χ0v) is 14.4. The average molecular weight is 317 g/mol. The summed E-state index contributed by atoms with van der Waals surface area (Å²) in [4.78, 5) is 0.286. The Hall–Kier alpha value is -1.81. The Kier molecular flexibility index (Phi) is 4.61. The summed E-state index contributed by atoms with van der Waals surface area (Å²) >= 11 is 0. The highest BCUT2D eigenvalue weighted by Crippen LogP contribution is 2.30. The molecular formula is C18H23NO2S. The van der Waals surface area contributed by atoms with Gasteiger partial charge in [0.2, 0.25) is 0 Å². The molecule has 1 N–H and O–H groups in total. The molecule has 2 aromatic carbocycles. The van der Waals surface area contributed by atoms with Gasteiger partial charge in [-0.15, -0.1) is 0 Å². The summed E-state index contributed by atoms with van der Waals surface area (Å²) in [6.45, 7) is 8.24. The van der Waals surface area contributed by atoms with E-state index in [1.807, 2.05) is 37.3 Å². The maximum atomic E-state index is 12.6. The quantitative estimate of drug-likeness (QED) is 0.911. The summed E-state index contributed by atoms with van der Waals surface area (Å²) < 4.78 is 27.9. The lowest BCUT2D eigenvalue weighted by molar-refractivity contribution is 0.590. The SMILES string of the molecule is CCc1ccc(S(=O)(=O)Nc2ccccc2C(C)(C)C)cc1. The standard InChI is InChI=1S/C18H23NO2S/c1-5-14-10-12-15(13-11-14)22(20,21)19-17-9-7-6-8-16(17)18(2,3)4/h6-13,19H,5H2,1-4H3. The number of anilines is 1. The summed E-state index contributed by atoms with van der Waals surface area (Å²) in [5, 5.41) is 0. The maximum Gasteiger partial charge on any atom is 0.261 e. The van der Waals surface area contributed by atoms with Gasteiger partial charge in [-0.2, -0.15) is 0 Å². The largest absolute Gasteiger partial charge is 0.279 e. The Morgan fingerprint density at radius 2 is 1.55 bits per heavy atom. The zero-order valence-electron chi connectivity index (χ0n) is 13.6. The van der Waals surface area contributed by atoms with Crippen LogP contribution in [-0.2, 0) is 21.9 Å². The fourth-order valence-electron chi connectivity index (χ4n) is 2.33. The Bertz CT molecular complexity index is 741. The first-order valence-electron chi connectivity index (χ1n) is 7.45. The average Bonchev–Trinajstić information content (AvgIpc) is 2.46. The number of rotatable bonds is 4. The number of hydrogen-bond donors (Lipinski definition) is 1. The second-order valence-corrected chi connectivity index (χ2v) is 8.08. The van der Waals surface area contributed by atoms with Crippen molar-refractivity contribution >= 4 is 15.7 Å². The molecule has 0 saturated heterocycles. The molecule has 0 atom stereocenters. The Labute approximate surface area is 133 Å². The van der Waals surface area contributed by atoms with E-state index in [-0.39, 0.29) is 10.3 Å². The molecule has 0 aliphatic rings. The van der Waals surface area contributed by atoms with Gasteiger partial charge in [-0.05, 0) is 41.2 Å². The number of para-hydroxylation sites is 1.